The highest BCUT2D eigenvalue weighted by molar-refractivity contribution is 6.31. The molecule has 1 heterocycles. The first kappa shape index (κ1) is 12.4. The van der Waals surface area contributed by atoms with E-state index in [1.165, 1.54) is 30.5 Å². The van der Waals surface area contributed by atoms with Crippen LogP contribution in [-0.2, 0) is 4.79 Å². The Kier molecular flexibility index (Phi) is 3.79. The summed E-state index contributed by atoms with van der Waals surface area (Å²) in [4.78, 5) is 11.5. The molecule has 0 radical (unpaired) electrons. The lowest BCUT2D eigenvalue weighted by Gasteiger charge is -2.04. The molecule has 92 valence electrons. The van der Waals surface area contributed by atoms with E-state index in [0.717, 1.165) is 0 Å². The zero-order chi connectivity index (χ0) is 13.0. The average molecular weight is 266 g/mol. The van der Waals surface area contributed by atoms with Gasteiger partial charge in [-0.05, 0) is 30.3 Å². The summed E-state index contributed by atoms with van der Waals surface area (Å²) in [6.45, 7) is 0. The van der Waals surface area contributed by atoms with E-state index in [0.29, 0.717) is 5.76 Å². The standard InChI is InChI=1S/C13H9ClFNO2/c14-10-4-1-5-11(13(10)15)16-12(17)7-6-9-3-2-8-18-9/h1-8H,(H,16,17)/b7-6+. The van der Waals surface area contributed by atoms with Gasteiger partial charge in [0.15, 0.2) is 5.82 Å². The van der Waals surface area contributed by atoms with E-state index in [1.807, 2.05) is 0 Å². The number of carbonyl (C=O) groups is 1. The maximum atomic E-state index is 13.5. The lowest BCUT2D eigenvalue weighted by molar-refractivity contribution is -0.111. The predicted octanol–water partition coefficient (Wildman–Crippen LogP) is 3.72. The van der Waals surface area contributed by atoms with Crippen molar-refractivity contribution in [1.29, 1.82) is 0 Å². The molecular formula is C13H9ClFNO2. The lowest BCUT2D eigenvalue weighted by atomic mass is 10.3. The fourth-order valence-corrected chi connectivity index (χ4v) is 1.49. The number of halogens is 2. The first-order valence-electron chi connectivity index (χ1n) is 5.13. The van der Waals surface area contributed by atoms with Crippen LogP contribution in [0.5, 0.6) is 0 Å². The summed E-state index contributed by atoms with van der Waals surface area (Å²) in [6.07, 6.45) is 4.23. The number of furan rings is 1. The minimum atomic E-state index is -0.654. The van der Waals surface area contributed by atoms with Gasteiger partial charge in [-0.3, -0.25) is 4.79 Å². The monoisotopic (exact) mass is 265 g/mol. The van der Waals surface area contributed by atoms with Gasteiger partial charge in [0.2, 0.25) is 5.91 Å². The van der Waals surface area contributed by atoms with Crippen molar-refractivity contribution >= 4 is 29.3 Å². The summed E-state index contributed by atoms with van der Waals surface area (Å²) < 4.78 is 18.5. The van der Waals surface area contributed by atoms with Crippen LogP contribution in [0, 0.1) is 5.82 Å². The van der Waals surface area contributed by atoms with Crippen LogP contribution in [-0.4, -0.2) is 5.91 Å². The number of rotatable bonds is 3. The topological polar surface area (TPSA) is 42.2 Å². The van der Waals surface area contributed by atoms with E-state index in [4.69, 9.17) is 16.0 Å². The van der Waals surface area contributed by atoms with Crippen molar-refractivity contribution in [2.45, 2.75) is 0 Å². The van der Waals surface area contributed by atoms with Gasteiger partial charge in [0, 0.05) is 6.08 Å². The van der Waals surface area contributed by atoms with Crippen LogP contribution in [0.15, 0.2) is 47.1 Å². The maximum Gasteiger partial charge on any atom is 0.248 e. The Morgan fingerprint density at radius 1 is 1.33 bits per heavy atom. The van der Waals surface area contributed by atoms with Crippen molar-refractivity contribution in [2.24, 2.45) is 0 Å². The third kappa shape index (κ3) is 2.99. The third-order valence-corrected chi connectivity index (χ3v) is 2.44. The van der Waals surface area contributed by atoms with Crippen LogP contribution >= 0.6 is 11.6 Å². The summed E-state index contributed by atoms with van der Waals surface area (Å²) in [7, 11) is 0. The molecule has 0 aliphatic carbocycles. The first-order chi connectivity index (χ1) is 8.66. The summed E-state index contributed by atoms with van der Waals surface area (Å²) in [5.74, 6) is -0.580. The van der Waals surface area contributed by atoms with E-state index >= 15 is 0 Å². The van der Waals surface area contributed by atoms with Gasteiger partial charge in [0.1, 0.15) is 5.76 Å². The Morgan fingerprint density at radius 2 is 2.17 bits per heavy atom. The van der Waals surface area contributed by atoms with E-state index in [-0.39, 0.29) is 10.7 Å². The molecule has 1 N–H and O–H groups in total. The molecule has 0 saturated carbocycles. The Hall–Kier alpha value is -2.07. The zero-order valence-corrected chi connectivity index (χ0v) is 9.95. The summed E-state index contributed by atoms with van der Waals surface area (Å²) in [5.41, 5.74) is 0.0385. The van der Waals surface area contributed by atoms with Crippen LogP contribution in [0.1, 0.15) is 5.76 Å². The fourth-order valence-electron chi connectivity index (χ4n) is 1.32. The Morgan fingerprint density at radius 3 is 2.89 bits per heavy atom. The van der Waals surface area contributed by atoms with Crippen molar-refractivity contribution in [1.82, 2.24) is 0 Å². The SMILES string of the molecule is O=C(/C=C/c1ccco1)Nc1cccc(Cl)c1F. The van der Waals surface area contributed by atoms with E-state index < -0.39 is 11.7 Å². The van der Waals surface area contributed by atoms with Gasteiger partial charge in [-0.25, -0.2) is 4.39 Å². The number of hydrogen-bond acceptors (Lipinski definition) is 2. The second-order valence-electron chi connectivity index (χ2n) is 3.44. The molecule has 0 atom stereocenters. The summed E-state index contributed by atoms with van der Waals surface area (Å²) in [5, 5.41) is 2.35. The Bertz CT molecular complexity index is 579. The van der Waals surface area contributed by atoms with Crippen molar-refractivity contribution in [3.8, 4) is 0 Å². The molecule has 5 heteroatoms. The molecule has 0 unspecified atom stereocenters. The van der Waals surface area contributed by atoms with E-state index in [1.54, 1.807) is 18.2 Å². The van der Waals surface area contributed by atoms with Gasteiger partial charge in [-0.15, -0.1) is 0 Å². The van der Waals surface area contributed by atoms with Crippen LogP contribution < -0.4 is 5.32 Å². The third-order valence-electron chi connectivity index (χ3n) is 2.15. The molecule has 0 saturated heterocycles. The van der Waals surface area contributed by atoms with Crippen molar-refractivity contribution < 1.29 is 13.6 Å². The molecule has 1 aromatic carbocycles. The molecule has 18 heavy (non-hydrogen) atoms. The van der Waals surface area contributed by atoms with Gasteiger partial charge in [0.05, 0.1) is 17.0 Å². The van der Waals surface area contributed by atoms with E-state index in [2.05, 4.69) is 5.32 Å². The highest BCUT2D eigenvalue weighted by Crippen LogP contribution is 2.21. The minimum absolute atomic E-state index is 0.0385. The number of hydrogen-bond donors (Lipinski definition) is 1. The first-order valence-corrected chi connectivity index (χ1v) is 5.51. The van der Waals surface area contributed by atoms with Gasteiger partial charge in [-0.1, -0.05) is 17.7 Å². The molecule has 0 bridgehead atoms. The van der Waals surface area contributed by atoms with Gasteiger partial charge in [-0.2, -0.15) is 0 Å². The summed E-state index contributed by atoms with van der Waals surface area (Å²) >= 11 is 5.60. The fraction of sp³-hybridized carbons (Fsp3) is 0. The molecule has 0 fully saturated rings. The molecule has 2 rings (SSSR count). The predicted molar refractivity (Wildman–Crippen MR) is 67.8 cm³/mol. The highest BCUT2D eigenvalue weighted by atomic mass is 35.5. The Labute approximate surface area is 108 Å². The molecule has 2 aromatic rings. The van der Waals surface area contributed by atoms with Crippen LogP contribution in [0.25, 0.3) is 6.08 Å². The summed E-state index contributed by atoms with van der Waals surface area (Å²) in [6, 6.07) is 7.79. The molecule has 0 aliphatic rings. The second kappa shape index (κ2) is 5.51. The molecule has 3 nitrogen and oxygen atoms in total. The van der Waals surface area contributed by atoms with Crippen molar-refractivity contribution in [2.75, 3.05) is 5.32 Å². The molecule has 0 spiro atoms. The molecule has 1 amide bonds. The average Bonchev–Trinajstić information content (AvgIpc) is 2.86. The molecule has 1 aromatic heterocycles. The smallest absolute Gasteiger partial charge is 0.248 e. The molecule has 0 aliphatic heterocycles. The van der Waals surface area contributed by atoms with Crippen LogP contribution in [0.2, 0.25) is 5.02 Å². The minimum Gasteiger partial charge on any atom is -0.465 e. The Balaban J connectivity index is 2.05. The van der Waals surface area contributed by atoms with E-state index in [9.17, 15) is 9.18 Å². The van der Waals surface area contributed by atoms with Gasteiger partial charge >= 0.3 is 0 Å². The number of benzene rings is 1. The molecular weight excluding hydrogens is 257 g/mol. The number of amides is 1. The van der Waals surface area contributed by atoms with Crippen molar-refractivity contribution in [3.63, 3.8) is 0 Å². The number of anilines is 1. The van der Waals surface area contributed by atoms with Crippen LogP contribution in [0.4, 0.5) is 10.1 Å². The van der Waals surface area contributed by atoms with Crippen molar-refractivity contribution in [3.05, 3.63) is 59.3 Å². The van der Waals surface area contributed by atoms with Gasteiger partial charge < -0.3 is 9.73 Å². The second-order valence-corrected chi connectivity index (χ2v) is 3.85. The van der Waals surface area contributed by atoms with Gasteiger partial charge in [0.25, 0.3) is 0 Å². The highest BCUT2D eigenvalue weighted by Gasteiger charge is 2.07. The number of carbonyl (C=O) groups excluding carboxylic acids is 1. The zero-order valence-electron chi connectivity index (χ0n) is 9.19. The maximum absolute atomic E-state index is 13.5. The number of nitrogens with one attached hydrogen (secondary N) is 1. The largest absolute Gasteiger partial charge is 0.465 e. The quantitative estimate of drug-likeness (QED) is 0.860. The lowest BCUT2D eigenvalue weighted by Crippen LogP contribution is -2.09. The van der Waals surface area contributed by atoms with Crippen LogP contribution in [0.3, 0.4) is 0 Å². The normalized spacial score (nSPS) is 10.8.